The van der Waals surface area contributed by atoms with Crippen LogP contribution in [0.3, 0.4) is 0 Å². The summed E-state index contributed by atoms with van der Waals surface area (Å²) in [7, 11) is 0. The highest BCUT2D eigenvalue weighted by atomic mass is 79.9. The standard InChI is InChI=1S/C18H20BrN5/c1-12(2)15-11-13-10-14(19)5-6-16(13)23-18(15)21-9-8-20-17-4-3-7-22-24-17/h3-7,10-12H,8-9H2,1-2H3,(H,20,24)(H,21,23). The van der Waals surface area contributed by atoms with Gasteiger partial charge in [0.2, 0.25) is 0 Å². The number of rotatable bonds is 6. The molecule has 0 unspecified atom stereocenters. The molecule has 3 rings (SSSR count). The maximum Gasteiger partial charge on any atom is 0.148 e. The van der Waals surface area contributed by atoms with Gasteiger partial charge in [0.15, 0.2) is 0 Å². The number of hydrogen-bond donors (Lipinski definition) is 2. The van der Waals surface area contributed by atoms with Gasteiger partial charge in [-0.3, -0.25) is 0 Å². The van der Waals surface area contributed by atoms with Gasteiger partial charge in [-0.05, 0) is 47.9 Å². The van der Waals surface area contributed by atoms with E-state index < -0.39 is 0 Å². The van der Waals surface area contributed by atoms with Crippen LogP contribution in [-0.4, -0.2) is 28.3 Å². The molecule has 2 aromatic heterocycles. The van der Waals surface area contributed by atoms with Gasteiger partial charge in [0.1, 0.15) is 11.6 Å². The third-order valence-electron chi connectivity index (χ3n) is 3.72. The molecule has 3 aromatic rings. The van der Waals surface area contributed by atoms with Crippen LogP contribution in [0.4, 0.5) is 11.6 Å². The van der Waals surface area contributed by atoms with Crippen molar-refractivity contribution in [1.29, 1.82) is 0 Å². The van der Waals surface area contributed by atoms with E-state index in [1.54, 1.807) is 6.20 Å². The van der Waals surface area contributed by atoms with Crippen LogP contribution in [0.1, 0.15) is 25.3 Å². The normalized spacial score (nSPS) is 11.0. The molecular formula is C18H20BrN5. The summed E-state index contributed by atoms with van der Waals surface area (Å²) in [6.45, 7) is 5.87. The molecule has 6 heteroatoms. The summed E-state index contributed by atoms with van der Waals surface area (Å²) >= 11 is 3.52. The first kappa shape index (κ1) is 16.6. The third kappa shape index (κ3) is 4.00. The summed E-state index contributed by atoms with van der Waals surface area (Å²) in [5, 5.41) is 15.7. The maximum atomic E-state index is 4.79. The minimum Gasteiger partial charge on any atom is -0.368 e. The molecule has 0 saturated carbocycles. The monoisotopic (exact) mass is 385 g/mol. The zero-order valence-electron chi connectivity index (χ0n) is 13.8. The SMILES string of the molecule is CC(C)c1cc2cc(Br)ccc2nc1NCCNc1cccnn1. The number of nitrogens with one attached hydrogen (secondary N) is 2. The van der Waals surface area contributed by atoms with E-state index in [0.29, 0.717) is 5.92 Å². The van der Waals surface area contributed by atoms with Crippen molar-refractivity contribution in [1.82, 2.24) is 15.2 Å². The van der Waals surface area contributed by atoms with E-state index in [9.17, 15) is 0 Å². The summed E-state index contributed by atoms with van der Waals surface area (Å²) in [6, 6.07) is 12.1. The number of aromatic nitrogens is 3. The summed E-state index contributed by atoms with van der Waals surface area (Å²) in [4.78, 5) is 4.79. The average Bonchev–Trinajstić information content (AvgIpc) is 2.59. The fraction of sp³-hybridized carbons (Fsp3) is 0.278. The van der Waals surface area contributed by atoms with Crippen molar-refractivity contribution in [3.63, 3.8) is 0 Å². The Bertz CT molecular complexity index is 820. The minimum absolute atomic E-state index is 0.399. The quantitative estimate of drug-likeness (QED) is 0.614. The van der Waals surface area contributed by atoms with Crippen molar-refractivity contribution in [2.75, 3.05) is 23.7 Å². The van der Waals surface area contributed by atoms with Crippen LogP contribution < -0.4 is 10.6 Å². The number of halogens is 1. The molecule has 0 amide bonds. The second-order valence-electron chi connectivity index (χ2n) is 5.88. The Balaban J connectivity index is 1.73. The molecule has 0 saturated heterocycles. The molecule has 0 atom stereocenters. The second-order valence-corrected chi connectivity index (χ2v) is 6.80. The summed E-state index contributed by atoms with van der Waals surface area (Å²) in [5.41, 5.74) is 2.21. The second kappa shape index (κ2) is 7.57. The van der Waals surface area contributed by atoms with Gasteiger partial charge in [-0.1, -0.05) is 29.8 Å². The number of fused-ring (bicyclic) bond motifs is 1. The molecular weight excluding hydrogens is 366 g/mol. The predicted octanol–water partition coefficient (Wildman–Crippen LogP) is 4.43. The Kier molecular flexibility index (Phi) is 5.25. The van der Waals surface area contributed by atoms with E-state index in [4.69, 9.17) is 4.98 Å². The molecule has 2 heterocycles. The molecule has 0 bridgehead atoms. The van der Waals surface area contributed by atoms with Crippen LogP contribution in [0.15, 0.2) is 47.1 Å². The Labute approximate surface area is 150 Å². The van der Waals surface area contributed by atoms with E-state index in [1.807, 2.05) is 24.3 Å². The van der Waals surface area contributed by atoms with E-state index in [2.05, 4.69) is 62.7 Å². The summed E-state index contributed by atoms with van der Waals surface area (Å²) in [5.74, 6) is 2.12. The van der Waals surface area contributed by atoms with Gasteiger partial charge in [0, 0.05) is 29.1 Å². The van der Waals surface area contributed by atoms with Crippen LogP contribution in [0.2, 0.25) is 0 Å². The first-order valence-electron chi connectivity index (χ1n) is 7.99. The highest BCUT2D eigenvalue weighted by Crippen LogP contribution is 2.28. The first-order valence-corrected chi connectivity index (χ1v) is 8.78. The lowest BCUT2D eigenvalue weighted by molar-refractivity contribution is 0.860. The maximum absolute atomic E-state index is 4.79. The van der Waals surface area contributed by atoms with Crippen LogP contribution in [-0.2, 0) is 0 Å². The number of hydrogen-bond acceptors (Lipinski definition) is 5. The highest BCUT2D eigenvalue weighted by molar-refractivity contribution is 9.10. The van der Waals surface area contributed by atoms with Gasteiger partial charge >= 0.3 is 0 Å². The molecule has 124 valence electrons. The molecule has 0 aliphatic heterocycles. The largest absolute Gasteiger partial charge is 0.368 e. The fourth-order valence-corrected chi connectivity index (χ4v) is 2.89. The minimum atomic E-state index is 0.399. The lowest BCUT2D eigenvalue weighted by Crippen LogP contribution is -2.16. The van der Waals surface area contributed by atoms with Gasteiger partial charge in [-0.25, -0.2) is 4.98 Å². The molecule has 0 aliphatic rings. The third-order valence-corrected chi connectivity index (χ3v) is 4.22. The highest BCUT2D eigenvalue weighted by Gasteiger charge is 2.10. The van der Waals surface area contributed by atoms with Gasteiger partial charge < -0.3 is 10.6 Å². The number of pyridine rings is 1. The average molecular weight is 386 g/mol. The van der Waals surface area contributed by atoms with E-state index in [1.165, 1.54) is 5.56 Å². The molecule has 1 aromatic carbocycles. The lowest BCUT2D eigenvalue weighted by atomic mass is 10.0. The Morgan fingerprint density at radius 3 is 2.67 bits per heavy atom. The van der Waals surface area contributed by atoms with Crippen molar-refractivity contribution in [3.8, 4) is 0 Å². The van der Waals surface area contributed by atoms with Crippen LogP contribution in [0, 0.1) is 0 Å². The molecule has 2 N–H and O–H groups in total. The molecule has 0 fully saturated rings. The van der Waals surface area contributed by atoms with Gasteiger partial charge in [0.05, 0.1) is 5.52 Å². The van der Waals surface area contributed by atoms with Crippen LogP contribution >= 0.6 is 15.9 Å². The van der Waals surface area contributed by atoms with Gasteiger partial charge in [0.25, 0.3) is 0 Å². The Morgan fingerprint density at radius 2 is 1.92 bits per heavy atom. The molecule has 0 spiro atoms. The number of anilines is 2. The smallest absolute Gasteiger partial charge is 0.148 e. The van der Waals surface area contributed by atoms with E-state index in [-0.39, 0.29) is 0 Å². The van der Waals surface area contributed by atoms with Crippen molar-refractivity contribution >= 4 is 38.5 Å². The van der Waals surface area contributed by atoms with Crippen LogP contribution in [0.25, 0.3) is 10.9 Å². The summed E-state index contributed by atoms with van der Waals surface area (Å²) in [6.07, 6.45) is 1.66. The molecule has 5 nitrogen and oxygen atoms in total. The fourth-order valence-electron chi connectivity index (χ4n) is 2.51. The topological polar surface area (TPSA) is 62.7 Å². The van der Waals surface area contributed by atoms with Crippen molar-refractivity contribution < 1.29 is 0 Å². The Hall–Kier alpha value is -2.21. The lowest BCUT2D eigenvalue weighted by Gasteiger charge is -2.15. The summed E-state index contributed by atoms with van der Waals surface area (Å²) < 4.78 is 1.07. The predicted molar refractivity (Wildman–Crippen MR) is 103 cm³/mol. The van der Waals surface area contributed by atoms with Gasteiger partial charge in [-0.2, -0.15) is 5.10 Å². The van der Waals surface area contributed by atoms with E-state index in [0.717, 1.165) is 40.1 Å². The van der Waals surface area contributed by atoms with Crippen molar-refractivity contribution in [3.05, 3.63) is 52.6 Å². The van der Waals surface area contributed by atoms with Crippen molar-refractivity contribution in [2.45, 2.75) is 19.8 Å². The first-order chi connectivity index (χ1) is 11.6. The molecule has 0 aliphatic carbocycles. The zero-order valence-corrected chi connectivity index (χ0v) is 15.3. The zero-order chi connectivity index (χ0) is 16.9. The Morgan fingerprint density at radius 1 is 1.08 bits per heavy atom. The van der Waals surface area contributed by atoms with Gasteiger partial charge in [-0.15, -0.1) is 5.10 Å². The molecule has 0 radical (unpaired) electrons. The van der Waals surface area contributed by atoms with Crippen LogP contribution in [0.5, 0.6) is 0 Å². The number of benzene rings is 1. The van der Waals surface area contributed by atoms with Crippen molar-refractivity contribution in [2.24, 2.45) is 0 Å². The number of nitrogens with zero attached hydrogens (tertiary/aromatic N) is 3. The van der Waals surface area contributed by atoms with E-state index >= 15 is 0 Å². The molecule has 24 heavy (non-hydrogen) atoms.